The largest absolute Gasteiger partial charge is 0.394 e. The van der Waals surface area contributed by atoms with Crippen molar-refractivity contribution in [3.63, 3.8) is 0 Å². The van der Waals surface area contributed by atoms with Crippen LogP contribution in [0.3, 0.4) is 0 Å². The average molecular weight is 314 g/mol. The van der Waals surface area contributed by atoms with Gasteiger partial charge in [0.05, 0.1) is 39.6 Å². The van der Waals surface area contributed by atoms with E-state index in [0.29, 0.717) is 26.4 Å². The first-order chi connectivity index (χ1) is 9.31. The minimum absolute atomic E-state index is 0.205. The second kappa shape index (κ2) is 16.6. The Bertz CT molecular complexity index is 174. The maximum atomic E-state index is 9.02. The van der Waals surface area contributed by atoms with Crippen molar-refractivity contribution in [3.05, 3.63) is 0 Å². The summed E-state index contributed by atoms with van der Waals surface area (Å²) in [6, 6.07) is 0. The second-order valence-corrected chi connectivity index (χ2v) is 5.50. The van der Waals surface area contributed by atoms with E-state index in [1.807, 2.05) is 11.8 Å². The molecule has 0 aliphatic rings. The fourth-order valence-electron chi connectivity index (χ4n) is 1.14. The summed E-state index contributed by atoms with van der Waals surface area (Å²) in [6.45, 7) is 3.25. The standard InChI is InChI=1S/C12H26O5S2/c13-10-12(14)11-17-2-1-8-19-9-6-16-4-3-15-5-7-18/h12-14,18H,1-11H2. The van der Waals surface area contributed by atoms with Gasteiger partial charge in [-0.1, -0.05) is 0 Å². The van der Waals surface area contributed by atoms with Crippen molar-refractivity contribution in [2.75, 3.05) is 63.5 Å². The molecule has 0 saturated carbocycles. The SMILES string of the molecule is OCC(O)COCCCSCCOCCOCCS. The molecule has 0 spiro atoms. The molecular weight excluding hydrogens is 288 g/mol. The predicted octanol–water partition coefficient (Wildman–Crippen LogP) is 0.443. The Balaban J connectivity index is 2.95. The van der Waals surface area contributed by atoms with E-state index in [9.17, 15) is 0 Å². The number of hydrogen-bond donors (Lipinski definition) is 3. The third kappa shape index (κ3) is 16.4. The van der Waals surface area contributed by atoms with Crippen LogP contribution in [-0.2, 0) is 14.2 Å². The Morgan fingerprint density at radius 3 is 2.37 bits per heavy atom. The topological polar surface area (TPSA) is 68.2 Å². The average Bonchev–Trinajstić information content (AvgIpc) is 2.43. The third-order valence-electron chi connectivity index (χ3n) is 2.08. The van der Waals surface area contributed by atoms with Crippen molar-refractivity contribution in [3.8, 4) is 0 Å². The third-order valence-corrected chi connectivity index (χ3v) is 3.29. The lowest BCUT2D eigenvalue weighted by Gasteiger charge is -2.08. The summed E-state index contributed by atoms with van der Waals surface area (Å²) in [4.78, 5) is 0. The molecule has 7 heteroatoms. The molecule has 2 N–H and O–H groups in total. The Labute approximate surface area is 125 Å². The quantitative estimate of drug-likeness (QED) is 0.301. The highest BCUT2D eigenvalue weighted by atomic mass is 32.2. The lowest BCUT2D eigenvalue weighted by molar-refractivity contribution is 0.00673. The molecule has 0 bridgehead atoms. The molecule has 19 heavy (non-hydrogen) atoms. The van der Waals surface area contributed by atoms with E-state index < -0.39 is 6.10 Å². The molecule has 1 atom stereocenters. The molecule has 0 aromatic heterocycles. The van der Waals surface area contributed by atoms with E-state index in [2.05, 4.69) is 12.6 Å². The number of aliphatic hydroxyl groups excluding tert-OH is 2. The number of rotatable bonds is 15. The monoisotopic (exact) mass is 314 g/mol. The molecule has 0 saturated heterocycles. The lowest BCUT2D eigenvalue weighted by atomic mass is 10.4. The van der Waals surface area contributed by atoms with Gasteiger partial charge in [0.2, 0.25) is 0 Å². The predicted molar refractivity (Wildman–Crippen MR) is 81.3 cm³/mol. The van der Waals surface area contributed by atoms with Crippen molar-refractivity contribution < 1.29 is 24.4 Å². The molecule has 0 aliphatic heterocycles. The molecule has 0 aromatic carbocycles. The maximum Gasteiger partial charge on any atom is 0.100 e. The van der Waals surface area contributed by atoms with Crippen molar-refractivity contribution >= 4 is 24.4 Å². The molecule has 1 unspecified atom stereocenters. The van der Waals surface area contributed by atoms with Gasteiger partial charge in [-0.2, -0.15) is 24.4 Å². The number of thioether (sulfide) groups is 1. The molecule has 0 rings (SSSR count). The molecule has 0 amide bonds. The Kier molecular flexibility index (Phi) is 17.0. The van der Waals surface area contributed by atoms with Gasteiger partial charge in [0.15, 0.2) is 0 Å². The highest BCUT2D eigenvalue weighted by molar-refractivity contribution is 7.99. The minimum atomic E-state index is -0.758. The van der Waals surface area contributed by atoms with Gasteiger partial charge in [0, 0.05) is 18.1 Å². The molecule has 0 radical (unpaired) electrons. The first-order valence-electron chi connectivity index (χ1n) is 6.52. The molecule has 0 aliphatic carbocycles. The first-order valence-corrected chi connectivity index (χ1v) is 8.30. The summed E-state index contributed by atoms with van der Waals surface area (Å²) < 4.78 is 15.8. The zero-order chi connectivity index (χ0) is 14.2. The number of ether oxygens (including phenoxy) is 3. The molecule has 116 valence electrons. The number of hydrogen-bond acceptors (Lipinski definition) is 7. The zero-order valence-corrected chi connectivity index (χ0v) is 13.0. The summed E-state index contributed by atoms with van der Waals surface area (Å²) >= 11 is 5.85. The molecule has 0 aromatic rings. The van der Waals surface area contributed by atoms with Crippen LogP contribution in [0.4, 0.5) is 0 Å². The molecule has 0 heterocycles. The van der Waals surface area contributed by atoms with Gasteiger partial charge in [-0.05, 0) is 12.2 Å². The van der Waals surface area contributed by atoms with Gasteiger partial charge >= 0.3 is 0 Å². The van der Waals surface area contributed by atoms with Crippen LogP contribution in [0.5, 0.6) is 0 Å². The summed E-state index contributed by atoms with van der Waals surface area (Å²) in [5, 5.41) is 17.6. The highest BCUT2D eigenvalue weighted by Crippen LogP contribution is 2.02. The number of thiol groups is 1. The normalized spacial score (nSPS) is 12.8. The van der Waals surface area contributed by atoms with Crippen molar-refractivity contribution in [1.29, 1.82) is 0 Å². The Morgan fingerprint density at radius 1 is 0.947 bits per heavy atom. The van der Waals surface area contributed by atoms with Gasteiger partial charge in [-0.15, -0.1) is 0 Å². The van der Waals surface area contributed by atoms with E-state index in [1.165, 1.54) is 0 Å². The van der Waals surface area contributed by atoms with Crippen LogP contribution in [0.1, 0.15) is 6.42 Å². The number of aliphatic hydroxyl groups is 2. The fraction of sp³-hybridized carbons (Fsp3) is 1.00. The van der Waals surface area contributed by atoms with Crippen molar-refractivity contribution in [2.24, 2.45) is 0 Å². The lowest BCUT2D eigenvalue weighted by Crippen LogP contribution is -2.19. The zero-order valence-electron chi connectivity index (χ0n) is 11.3. The van der Waals surface area contributed by atoms with Gasteiger partial charge in [-0.3, -0.25) is 0 Å². The van der Waals surface area contributed by atoms with E-state index in [1.54, 1.807) is 0 Å². The van der Waals surface area contributed by atoms with E-state index >= 15 is 0 Å². The second-order valence-electron chi connectivity index (χ2n) is 3.83. The summed E-state index contributed by atoms with van der Waals surface area (Å²) in [5.74, 6) is 2.72. The van der Waals surface area contributed by atoms with Gasteiger partial charge in [0.25, 0.3) is 0 Å². The van der Waals surface area contributed by atoms with Gasteiger partial charge < -0.3 is 24.4 Å². The first kappa shape index (κ1) is 19.5. The Morgan fingerprint density at radius 2 is 1.68 bits per heavy atom. The van der Waals surface area contributed by atoms with Gasteiger partial charge in [0.1, 0.15) is 6.10 Å². The van der Waals surface area contributed by atoms with Gasteiger partial charge in [-0.25, -0.2) is 0 Å². The maximum absolute atomic E-state index is 9.02. The van der Waals surface area contributed by atoms with E-state index in [0.717, 1.165) is 30.3 Å². The van der Waals surface area contributed by atoms with Crippen molar-refractivity contribution in [1.82, 2.24) is 0 Å². The fourth-order valence-corrected chi connectivity index (χ4v) is 2.03. The van der Waals surface area contributed by atoms with Crippen LogP contribution in [0.2, 0.25) is 0 Å². The van der Waals surface area contributed by atoms with Crippen LogP contribution >= 0.6 is 24.4 Å². The minimum Gasteiger partial charge on any atom is -0.394 e. The van der Waals surface area contributed by atoms with Crippen molar-refractivity contribution in [2.45, 2.75) is 12.5 Å². The summed E-state index contributed by atoms with van der Waals surface area (Å²) in [6.07, 6.45) is 0.180. The van der Waals surface area contributed by atoms with Crippen LogP contribution in [0.25, 0.3) is 0 Å². The Hall–Kier alpha value is 0.500. The van der Waals surface area contributed by atoms with Crippen LogP contribution in [-0.4, -0.2) is 79.8 Å². The summed E-state index contributed by atoms with van der Waals surface area (Å²) in [5.41, 5.74) is 0. The van der Waals surface area contributed by atoms with Crippen LogP contribution < -0.4 is 0 Å². The molecule has 0 fully saturated rings. The van der Waals surface area contributed by atoms with Crippen LogP contribution in [0, 0.1) is 0 Å². The highest BCUT2D eigenvalue weighted by Gasteiger charge is 2.00. The van der Waals surface area contributed by atoms with Crippen LogP contribution in [0.15, 0.2) is 0 Å². The van der Waals surface area contributed by atoms with E-state index in [-0.39, 0.29) is 13.2 Å². The summed E-state index contributed by atoms with van der Waals surface area (Å²) in [7, 11) is 0. The molecular formula is C12H26O5S2. The molecule has 5 nitrogen and oxygen atoms in total. The smallest absolute Gasteiger partial charge is 0.100 e. The van der Waals surface area contributed by atoms with E-state index in [4.69, 9.17) is 24.4 Å².